The van der Waals surface area contributed by atoms with Crippen molar-refractivity contribution in [1.82, 2.24) is 25.1 Å². The fourth-order valence-electron chi connectivity index (χ4n) is 4.92. The van der Waals surface area contributed by atoms with Crippen LogP contribution in [-0.2, 0) is 10.0 Å². The van der Waals surface area contributed by atoms with Crippen molar-refractivity contribution in [3.63, 3.8) is 0 Å². The summed E-state index contributed by atoms with van der Waals surface area (Å²) in [4.78, 5) is 9.03. The third-order valence-electron chi connectivity index (χ3n) is 6.36. The summed E-state index contributed by atoms with van der Waals surface area (Å²) in [7, 11) is -1.64. The minimum absolute atomic E-state index is 0.0113. The number of nitrogens with zero attached hydrogens (tertiary/aromatic N) is 3. The zero-order valence-electron chi connectivity index (χ0n) is 18.0. The van der Waals surface area contributed by atoms with E-state index in [2.05, 4.69) is 31.5 Å². The summed E-state index contributed by atoms with van der Waals surface area (Å²) < 4.78 is 32.3. The smallest absolute Gasteiger partial charge is 0.228 e. The first-order valence-corrected chi connectivity index (χ1v) is 12.6. The van der Waals surface area contributed by atoms with Gasteiger partial charge in [0.15, 0.2) is 0 Å². The lowest BCUT2D eigenvalue weighted by Crippen LogP contribution is -2.57. The van der Waals surface area contributed by atoms with Gasteiger partial charge in [-0.15, -0.1) is 0 Å². The highest BCUT2D eigenvalue weighted by atomic mass is 32.2. The molecule has 3 fully saturated rings. The van der Waals surface area contributed by atoms with E-state index in [1.165, 1.54) is 0 Å². The number of fused-ring (bicyclic) bond motifs is 2. The molecule has 174 valence electrons. The lowest BCUT2D eigenvalue weighted by molar-refractivity contribution is 0.116. The summed E-state index contributed by atoms with van der Waals surface area (Å²) in [6.45, 7) is 1.77. The van der Waals surface area contributed by atoms with E-state index in [1.54, 1.807) is 24.4 Å². The number of aliphatic hydroxyl groups is 1. The van der Waals surface area contributed by atoms with Gasteiger partial charge >= 0.3 is 0 Å². The molecule has 0 radical (unpaired) electrons. The van der Waals surface area contributed by atoms with Crippen LogP contribution in [0, 0.1) is 0 Å². The number of ether oxygens (including phenoxy) is 1. The van der Waals surface area contributed by atoms with Crippen LogP contribution in [0.2, 0.25) is 0 Å². The SMILES string of the molecule is CCS(=O)(=O)N1[C@@H]2CCC[C@H]1CC(Nc1nc(NC3CC(CO)NN3)cc(OC)n1)C2. The van der Waals surface area contributed by atoms with E-state index in [9.17, 15) is 13.5 Å². The molecule has 3 saturated heterocycles. The number of piperidine rings is 2. The molecule has 1 aromatic rings. The fraction of sp³-hybridized carbons (Fsp3) is 0.789. The largest absolute Gasteiger partial charge is 0.481 e. The van der Waals surface area contributed by atoms with E-state index in [4.69, 9.17) is 4.74 Å². The first-order valence-electron chi connectivity index (χ1n) is 11.0. The van der Waals surface area contributed by atoms with Crippen molar-refractivity contribution >= 4 is 21.8 Å². The van der Waals surface area contributed by atoms with Crippen molar-refractivity contribution in [2.24, 2.45) is 0 Å². The zero-order valence-corrected chi connectivity index (χ0v) is 18.9. The Morgan fingerprint density at radius 3 is 2.55 bits per heavy atom. The summed E-state index contributed by atoms with van der Waals surface area (Å²) in [6, 6.07) is 1.88. The van der Waals surface area contributed by atoms with Crippen LogP contribution >= 0.6 is 0 Å². The maximum atomic E-state index is 12.6. The molecule has 3 aliphatic rings. The molecule has 31 heavy (non-hydrogen) atoms. The van der Waals surface area contributed by atoms with Gasteiger partial charge in [-0.25, -0.2) is 13.8 Å². The molecule has 5 N–H and O–H groups in total. The lowest BCUT2D eigenvalue weighted by atomic mass is 9.84. The summed E-state index contributed by atoms with van der Waals surface area (Å²) >= 11 is 0. The molecule has 4 heterocycles. The van der Waals surface area contributed by atoms with E-state index in [-0.39, 0.29) is 42.7 Å². The van der Waals surface area contributed by atoms with Crippen LogP contribution in [0.5, 0.6) is 5.88 Å². The second kappa shape index (κ2) is 9.41. The van der Waals surface area contributed by atoms with Crippen molar-refractivity contribution in [2.75, 3.05) is 30.1 Å². The Morgan fingerprint density at radius 2 is 1.94 bits per heavy atom. The molecule has 0 spiro atoms. The van der Waals surface area contributed by atoms with Crippen LogP contribution in [0.15, 0.2) is 6.07 Å². The van der Waals surface area contributed by atoms with Crippen LogP contribution in [-0.4, -0.2) is 77.6 Å². The summed E-state index contributed by atoms with van der Waals surface area (Å²) in [5.74, 6) is 1.66. The highest BCUT2D eigenvalue weighted by Crippen LogP contribution is 2.37. The summed E-state index contributed by atoms with van der Waals surface area (Å²) in [5, 5.41) is 16.0. The Kier molecular flexibility index (Phi) is 6.82. The molecule has 0 aliphatic carbocycles. The first kappa shape index (κ1) is 22.5. The maximum absolute atomic E-state index is 12.6. The van der Waals surface area contributed by atoms with Crippen LogP contribution in [0.4, 0.5) is 11.8 Å². The Bertz CT molecular complexity index is 857. The molecule has 11 nitrogen and oxygen atoms in total. The van der Waals surface area contributed by atoms with Gasteiger partial charge in [0, 0.05) is 36.7 Å². The molecule has 3 aliphatic heterocycles. The van der Waals surface area contributed by atoms with Gasteiger partial charge in [-0.1, -0.05) is 6.42 Å². The molecule has 5 atom stereocenters. The van der Waals surface area contributed by atoms with Crippen molar-refractivity contribution in [3.05, 3.63) is 6.07 Å². The number of hydrogen-bond acceptors (Lipinski definition) is 10. The van der Waals surface area contributed by atoms with Gasteiger partial charge in [-0.05, 0) is 32.6 Å². The van der Waals surface area contributed by atoms with Gasteiger partial charge in [-0.2, -0.15) is 14.3 Å². The molecular weight excluding hydrogens is 422 g/mol. The number of methoxy groups -OCH3 is 1. The Balaban J connectivity index is 1.45. The highest BCUT2D eigenvalue weighted by Gasteiger charge is 2.43. The predicted octanol–water partition coefficient (Wildman–Crippen LogP) is 0.229. The monoisotopic (exact) mass is 455 g/mol. The number of rotatable bonds is 8. The Labute approximate surface area is 183 Å². The van der Waals surface area contributed by atoms with Gasteiger partial charge in [-0.3, -0.25) is 5.43 Å². The van der Waals surface area contributed by atoms with Gasteiger partial charge in [0.05, 0.1) is 25.6 Å². The van der Waals surface area contributed by atoms with Crippen LogP contribution in [0.25, 0.3) is 0 Å². The average molecular weight is 456 g/mol. The minimum Gasteiger partial charge on any atom is -0.481 e. The number of aromatic nitrogens is 2. The lowest BCUT2D eigenvalue weighted by Gasteiger charge is -2.47. The normalized spacial score (nSPS) is 31.4. The number of aliphatic hydroxyl groups excluding tert-OH is 1. The second-order valence-corrected chi connectivity index (χ2v) is 10.7. The minimum atomic E-state index is -3.20. The fourth-order valence-corrected chi connectivity index (χ4v) is 6.51. The first-order chi connectivity index (χ1) is 14.9. The average Bonchev–Trinajstić information content (AvgIpc) is 3.20. The van der Waals surface area contributed by atoms with Crippen LogP contribution in [0.3, 0.4) is 0 Å². The molecule has 3 unspecified atom stereocenters. The number of hydrazine groups is 1. The maximum Gasteiger partial charge on any atom is 0.228 e. The van der Waals surface area contributed by atoms with E-state index < -0.39 is 10.0 Å². The van der Waals surface area contributed by atoms with E-state index in [1.807, 2.05) is 0 Å². The second-order valence-electron chi connectivity index (χ2n) is 8.50. The van der Waals surface area contributed by atoms with Gasteiger partial charge in [0.25, 0.3) is 0 Å². The number of hydrogen-bond donors (Lipinski definition) is 5. The third kappa shape index (κ3) is 5.03. The highest BCUT2D eigenvalue weighted by molar-refractivity contribution is 7.89. The number of nitrogens with one attached hydrogen (secondary N) is 4. The van der Waals surface area contributed by atoms with Gasteiger partial charge < -0.3 is 20.5 Å². The van der Waals surface area contributed by atoms with Crippen molar-refractivity contribution in [3.8, 4) is 5.88 Å². The standard InChI is InChI=1S/C19H33N7O4S/c1-3-31(28,29)26-14-5-4-6-15(26)8-12(7-14)20-19-22-16(10-18(23-19)30-2)21-17-9-13(11-27)24-25-17/h10,12-15,17,24-25,27H,3-9,11H2,1-2H3,(H2,20,21,22,23)/t12?,13?,14-,15+,17?. The number of sulfonamides is 1. The third-order valence-corrected chi connectivity index (χ3v) is 8.33. The molecular formula is C19H33N7O4S. The van der Waals surface area contributed by atoms with Crippen molar-refractivity contribution in [2.45, 2.75) is 75.8 Å². The summed E-state index contributed by atoms with van der Waals surface area (Å²) in [5.41, 5.74) is 6.11. The Morgan fingerprint density at radius 1 is 1.19 bits per heavy atom. The zero-order chi connectivity index (χ0) is 22.0. The van der Waals surface area contributed by atoms with E-state index in [0.717, 1.165) is 32.1 Å². The van der Waals surface area contributed by atoms with Crippen molar-refractivity contribution in [1.29, 1.82) is 0 Å². The molecule has 12 heteroatoms. The summed E-state index contributed by atoms with van der Waals surface area (Å²) in [6.07, 6.45) is 4.97. The molecule has 1 aromatic heterocycles. The van der Waals surface area contributed by atoms with Crippen LogP contribution < -0.4 is 26.2 Å². The molecule has 4 rings (SSSR count). The van der Waals surface area contributed by atoms with E-state index in [0.29, 0.717) is 24.1 Å². The topological polar surface area (TPSA) is 141 Å². The quantitative estimate of drug-likeness (QED) is 0.370. The number of anilines is 2. The van der Waals surface area contributed by atoms with E-state index >= 15 is 0 Å². The molecule has 0 amide bonds. The van der Waals surface area contributed by atoms with Crippen LogP contribution in [0.1, 0.15) is 45.4 Å². The predicted molar refractivity (Wildman–Crippen MR) is 117 cm³/mol. The van der Waals surface area contributed by atoms with Gasteiger partial charge in [0.1, 0.15) is 5.82 Å². The van der Waals surface area contributed by atoms with Crippen molar-refractivity contribution < 1.29 is 18.3 Å². The Hall–Kier alpha value is -1.73. The molecule has 0 aromatic carbocycles. The molecule has 0 saturated carbocycles. The van der Waals surface area contributed by atoms with Gasteiger partial charge in [0.2, 0.25) is 21.9 Å². The molecule has 2 bridgehead atoms.